The molecule has 0 bridgehead atoms. The number of benzene rings is 1. The lowest BCUT2D eigenvalue weighted by Crippen LogP contribution is -2.15. The van der Waals surface area contributed by atoms with Crippen molar-refractivity contribution in [2.24, 2.45) is 5.73 Å². The van der Waals surface area contributed by atoms with Crippen LogP contribution in [0.2, 0.25) is 0 Å². The monoisotopic (exact) mass is 265 g/mol. The smallest absolute Gasteiger partial charge is 0.00721 e. The van der Waals surface area contributed by atoms with Crippen LogP contribution in [0.5, 0.6) is 0 Å². The zero-order chi connectivity index (χ0) is 13.4. The van der Waals surface area contributed by atoms with Gasteiger partial charge in [-0.15, -0.1) is 11.8 Å². The molecule has 0 aliphatic rings. The lowest BCUT2D eigenvalue weighted by Gasteiger charge is -2.17. The van der Waals surface area contributed by atoms with Crippen molar-refractivity contribution in [1.29, 1.82) is 0 Å². The SMILES string of the molecule is CCCSc1ccc(C(CC)CCC(C)N)cc1. The van der Waals surface area contributed by atoms with Crippen LogP contribution in [0.1, 0.15) is 57.9 Å². The van der Waals surface area contributed by atoms with E-state index in [-0.39, 0.29) is 0 Å². The molecule has 0 spiro atoms. The van der Waals surface area contributed by atoms with Crippen molar-refractivity contribution < 1.29 is 0 Å². The van der Waals surface area contributed by atoms with Crippen molar-refractivity contribution in [2.75, 3.05) is 5.75 Å². The standard InChI is InChI=1S/C16H27NS/c1-4-12-18-16-10-8-15(9-11-16)14(5-2)7-6-13(3)17/h8-11,13-14H,4-7,12,17H2,1-3H3. The second kappa shape index (κ2) is 8.60. The average molecular weight is 265 g/mol. The molecule has 0 saturated carbocycles. The maximum Gasteiger partial charge on any atom is 0.00721 e. The van der Waals surface area contributed by atoms with Crippen LogP contribution in [-0.4, -0.2) is 11.8 Å². The van der Waals surface area contributed by atoms with Crippen LogP contribution < -0.4 is 5.73 Å². The predicted octanol–water partition coefficient (Wildman–Crippen LogP) is 4.81. The van der Waals surface area contributed by atoms with Crippen molar-refractivity contribution in [2.45, 2.75) is 63.3 Å². The fourth-order valence-electron chi connectivity index (χ4n) is 2.13. The van der Waals surface area contributed by atoms with Gasteiger partial charge in [-0.25, -0.2) is 0 Å². The van der Waals surface area contributed by atoms with Crippen LogP contribution in [0, 0.1) is 0 Å². The summed E-state index contributed by atoms with van der Waals surface area (Å²) in [5, 5.41) is 0. The number of rotatable bonds is 8. The van der Waals surface area contributed by atoms with E-state index in [2.05, 4.69) is 45.0 Å². The molecule has 0 aliphatic carbocycles. The van der Waals surface area contributed by atoms with Crippen LogP contribution in [0.15, 0.2) is 29.2 Å². The van der Waals surface area contributed by atoms with Gasteiger partial charge in [-0.2, -0.15) is 0 Å². The van der Waals surface area contributed by atoms with E-state index in [4.69, 9.17) is 5.73 Å². The van der Waals surface area contributed by atoms with Gasteiger partial charge in [0.1, 0.15) is 0 Å². The largest absolute Gasteiger partial charge is 0.328 e. The van der Waals surface area contributed by atoms with E-state index in [9.17, 15) is 0 Å². The van der Waals surface area contributed by atoms with Crippen LogP contribution in [0.4, 0.5) is 0 Å². The van der Waals surface area contributed by atoms with Crippen molar-refractivity contribution in [3.05, 3.63) is 29.8 Å². The van der Waals surface area contributed by atoms with Gasteiger partial charge in [0.05, 0.1) is 0 Å². The molecule has 2 unspecified atom stereocenters. The Kier molecular flexibility index (Phi) is 7.45. The molecule has 0 aromatic heterocycles. The van der Waals surface area contributed by atoms with Crippen molar-refractivity contribution >= 4 is 11.8 Å². The summed E-state index contributed by atoms with van der Waals surface area (Å²) < 4.78 is 0. The van der Waals surface area contributed by atoms with E-state index >= 15 is 0 Å². The van der Waals surface area contributed by atoms with E-state index in [1.807, 2.05) is 11.8 Å². The molecule has 1 aromatic carbocycles. The molecule has 1 aromatic rings. The molecule has 102 valence electrons. The summed E-state index contributed by atoms with van der Waals surface area (Å²) in [5.74, 6) is 1.88. The maximum atomic E-state index is 5.85. The summed E-state index contributed by atoms with van der Waals surface area (Å²) in [6.07, 6.45) is 4.76. The summed E-state index contributed by atoms with van der Waals surface area (Å²) in [5.41, 5.74) is 7.32. The van der Waals surface area contributed by atoms with Gasteiger partial charge in [0.2, 0.25) is 0 Å². The minimum Gasteiger partial charge on any atom is -0.328 e. The van der Waals surface area contributed by atoms with Crippen LogP contribution in [0.3, 0.4) is 0 Å². The molecule has 18 heavy (non-hydrogen) atoms. The highest BCUT2D eigenvalue weighted by molar-refractivity contribution is 7.99. The molecule has 0 heterocycles. The lowest BCUT2D eigenvalue weighted by atomic mass is 9.91. The first-order chi connectivity index (χ1) is 8.67. The third-order valence-corrected chi connectivity index (χ3v) is 4.51. The molecular weight excluding hydrogens is 238 g/mol. The Balaban J connectivity index is 2.57. The van der Waals surface area contributed by atoms with Crippen molar-refractivity contribution in [1.82, 2.24) is 0 Å². The highest BCUT2D eigenvalue weighted by Gasteiger charge is 2.10. The van der Waals surface area contributed by atoms with Gasteiger partial charge in [-0.05, 0) is 62.0 Å². The molecule has 2 N–H and O–H groups in total. The number of hydrogen-bond acceptors (Lipinski definition) is 2. The zero-order valence-corrected chi connectivity index (χ0v) is 12.8. The Bertz CT molecular complexity index is 318. The molecular formula is C16H27NS. The van der Waals surface area contributed by atoms with E-state index < -0.39 is 0 Å². The average Bonchev–Trinajstić information content (AvgIpc) is 2.38. The zero-order valence-electron chi connectivity index (χ0n) is 12.0. The van der Waals surface area contributed by atoms with Gasteiger partial charge >= 0.3 is 0 Å². The lowest BCUT2D eigenvalue weighted by molar-refractivity contribution is 0.532. The normalized spacial score (nSPS) is 14.4. The number of thioether (sulfide) groups is 1. The fourth-order valence-corrected chi connectivity index (χ4v) is 2.90. The molecule has 1 nitrogen and oxygen atoms in total. The van der Waals surface area contributed by atoms with Gasteiger partial charge in [-0.1, -0.05) is 26.0 Å². The molecule has 0 fully saturated rings. The van der Waals surface area contributed by atoms with Crippen molar-refractivity contribution in [3.8, 4) is 0 Å². The van der Waals surface area contributed by atoms with Crippen LogP contribution in [0.25, 0.3) is 0 Å². The second-order valence-corrected chi connectivity index (χ2v) is 6.25. The molecule has 1 rings (SSSR count). The topological polar surface area (TPSA) is 26.0 Å². The van der Waals surface area contributed by atoms with Gasteiger partial charge in [0.15, 0.2) is 0 Å². The summed E-state index contributed by atoms with van der Waals surface area (Å²) in [6, 6.07) is 9.45. The highest BCUT2D eigenvalue weighted by atomic mass is 32.2. The number of hydrogen-bond donors (Lipinski definition) is 1. The van der Waals surface area contributed by atoms with Gasteiger partial charge < -0.3 is 5.73 Å². The third-order valence-electron chi connectivity index (χ3n) is 3.29. The molecule has 0 radical (unpaired) electrons. The molecule has 0 saturated heterocycles. The Morgan fingerprint density at radius 1 is 1.11 bits per heavy atom. The summed E-state index contributed by atoms with van der Waals surface area (Å²) in [4.78, 5) is 1.39. The minimum absolute atomic E-state index is 0.318. The molecule has 0 aliphatic heterocycles. The first-order valence-corrected chi connectivity index (χ1v) is 8.14. The van der Waals surface area contributed by atoms with E-state index in [0.717, 1.165) is 6.42 Å². The fraction of sp³-hybridized carbons (Fsp3) is 0.625. The molecule has 2 atom stereocenters. The molecule has 0 amide bonds. The Morgan fingerprint density at radius 2 is 1.78 bits per heavy atom. The van der Waals surface area contributed by atoms with Gasteiger partial charge in [0.25, 0.3) is 0 Å². The maximum absolute atomic E-state index is 5.85. The Hall–Kier alpha value is -0.470. The Labute approximate surface area is 117 Å². The van der Waals surface area contributed by atoms with Crippen LogP contribution >= 0.6 is 11.8 Å². The Morgan fingerprint density at radius 3 is 2.28 bits per heavy atom. The molecule has 2 heteroatoms. The van der Waals surface area contributed by atoms with Crippen LogP contribution in [-0.2, 0) is 0 Å². The van der Waals surface area contributed by atoms with E-state index in [0.29, 0.717) is 12.0 Å². The van der Waals surface area contributed by atoms with Crippen molar-refractivity contribution in [3.63, 3.8) is 0 Å². The predicted molar refractivity (Wildman–Crippen MR) is 83.4 cm³/mol. The first kappa shape index (κ1) is 15.6. The van der Waals surface area contributed by atoms with Gasteiger partial charge in [0, 0.05) is 10.9 Å². The van der Waals surface area contributed by atoms with Gasteiger partial charge in [-0.3, -0.25) is 0 Å². The van der Waals surface area contributed by atoms with E-state index in [1.165, 1.54) is 35.5 Å². The third kappa shape index (κ3) is 5.45. The second-order valence-electron chi connectivity index (χ2n) is 5.08. The quantitative estimate of drug-likeness (QED) is 0.683. The number of nitrogens with two attached hydrogens (primary N) is 1. The van der Waals surface area contributed by atoms with E-state index in [1.54, 1.807) is 0 Å². The summed E-state index contributed by atoms with van der Waals surface area (Å²) in [6.45, 7) is 6.59. The highest BCUT2D eigenvalue weighted by Crippen LogP contribution is 2.27. The first-order valence-electron chi connectivity index (χ1n) is 7.15. The minimum atomic E-state index is 0.318. The summed E-state index contributed by atoms with van der Waals surface area (Å²) in [7, 11) is 0. The summed E-state index contributed by atoms with van der Waals surface area (Å²) >= 11 is 1.95.